The van der Waals surface area contributed by atoms with E-state index in [-0.39, 0.29) is 12.8 Å². The maximum atomic E-state index is 11.2. The Labute approximate surface area is 106 Å². The first-order chi connectivity index (χ1) is 8.17. The number of aliphatic carboxylic acids is 1. The summed E-state index contributed by atoms with van der Waals surface area (Å²) in [6.45, 7) is 0.813. The molecule has 0 spiro atoms. The fourth-order valence-corrected chi connectivity index (χ4v) is 1.96. The van der Waals surface area contributed by atoms with Gasteiger partial charge in [0.2, 0.25) is 0 Å². The molecule has 0 aliphatic carbocycles. The lowest BCUT2D eigenvalue weighted by atomic mass is 10.1. The van der Waals surface area contributed by atoms with Crippen molar-refractivity contribution in [1.82, 2.24) is 4.90 Å². The van der Waals surface area contributed by atoms with Gasteiger partial charge in [0.1, 0.15) is 6.04 Å². The van der Waals surface area contributed by atoms with Crippen molar-refractivity contribution < 1.29 is 9.90 Å². The molecule has 0 aliphatic heterocycles. The lowest BCUT2D eigenvalue weighted by Gasteiger charge is -2.27. The molecule has 0 aromatic rings. The van der Waals surface area contributed by atoms with Gasteiger partial charge in [0.25, 0.3) is 0 Å². The number of carboxylic acids is 1. The Morgan fingerprint density at radius 3 is 2.24 bits per heavy atom. The first-order valence-corrected chi connectivity index (χ1v) is 6.76. The number of nitriles is 2. The van der Waals surface area contributed by atoms with Crippen LogP contribution in [0, 0.1) is 22.7 Å². The van der Waals surface area contributed by atoms with E-state index in [0.717, 1.165) is 5.75 Å². The third-order valence-corrected chi connectivity index (χ3v) is 2.99. The third kappa shape index (κ3) is 6.83. The Kier molecular flexibility index (Phi) is 9.22. The van der Waals surface area contributed by atoms with E-state index in [1.54, 1.807) is 16.7 Å². The van der Waals surface area contributed by atoms with Crippen LogP contribution in [0.1, 0.15) is 19.3 Å². The van der Waals surface area contributed by atoms with E-state index in [9.17, 15) is 4.79 Å². The second-order valence-corrected chi connectivity index (χ2v) is 4.47. The van der Waals surface area contributed by atoms with Gasteiger partial charge in [-0.1, -0.05) is 0 Å². The Balaban J connectivity index is 4.50. The van der Waals surface area contributed by atoms with E-state index < -0.39 is 12.0 Å². The molecule has 1 atom stereocenters. The number of thioether (sulfide) groups is 1. The Morgan fingerprint density at radius 1 is 1.35 bits per heavy atom. The second-order valence-electron chi connectivity index (χ2n) is 3.49. The maximum Gasteiger partial charge on any atom is 0.320 e. The van der Waals surface area contributed by atoms with Crippen molar-refractivity contribution in [3.05, 3.63) is 0 Å². The quantitative estimate of drug-likeness (QED) is 0.668. The Hall–Kier alpha value is -1.24. The molecule has 0 amide bonds. The molecule has 17 heavy (non-hydrogen) atoms. The molecule has 6 heteroatoms. The minimum absolute atomic E-state index is 0.286. The minimum atomic E-state index is -0.880. The van der Waals surface area contributed by atoms with Crippen molar-refractivity contribution in [3.8, 4) is 12.1 Å². The number of hydrogen-bond acceptors (Lipinski definition) is 5. The lowest BCUT2D eigenvalue weighted by Crippen LogP contribution is -2.42. The maximum absolute atomic E-state index is 11.2. The number of rotatable bonds is 9. The Bertz CT molecular complexity index is 291. The van der Waals surface area contributed by atoms with Gasteiger partial charge in [-0.05, 0) is 18.4 Å². The zero-order valence-electron chi connectivity index (χ0n) is 9.93. The minimum Gasteiger partial charge on any atom is -0.480 e. The smallest absolute Gasteiger partial charge is 0.320 e. The van der Waals surface area contributed by atoms with Crippen LogP contribution in [-0.4, -0.2) is 47.1 Å². The second kappa shape index (κ2) is 9.95. The predicted octanol–water partition coefficient (Wildman–Crippen LogP) is 1.32. The summed E-state index contributed by atoms with van der Waals surface area (Å²) in [6.07, 6.45) is 3.03. The SMILES string of the molecule is CSCCC(C(=O)O)N(CCC#N)CCC#N. The average molecular weight is 255 g/mol. The van der Waals surface area contributed by atoms with Gasteiger partial charge in [0.05, 0.1) is 12.1 Å². The van der Waals surface area contributed by atoms with Crippen LogP contribution in [0.5, 0.6) is 0 Å². The van der Waals surface area contributed by atoms with Gasteiger partial charge in [-0.2, -0.15) is 22.3 Å². The molecule has 94 valence electrons. The molecule has 5 nitrogen and oxygen atoms in total. The van der Waals surface area contributed by atoms with Crippen LogP contribution in [0.2, 0.25) is 0 Å². The summed E-state index contributed by atoms with van der Waals surface area (Å²) in [6, 6.07) is 3.41. The standard InChI is InChI=1S/C11H17N3O2S/c1-17-9-4-10(11(15)16)14(7-2-5-12)8-3-6-13/h10H,2-4,7-9H2,1H3,(H,15,16). The van der Waals surface area contributed by atoms with Crippen molar-refractivity contribution in [2.24, 2.45) is 0 Å². The molecule has 0 bridgehead atoms. The molecule has 0 radical (unpaired) electrons. The molecule has 0 rings (SSSR count). The molecule has 1 unspecified atom stereocenters. The highest BCUT2D eigenvalue weighted by Gasteiger charge is 2.24. The van der Waals surface area contributed by atoms with E-state index in [1.807, 2.05) is 18.4 Å². The van der Waals surface area contributed by atoms with E-state index >= 15 is 0 Å². The summed E-state index contributed by atoms with van der Waals surface area (Å²) >= 11 is 1.59. The highest BCUT2D eigenvalue weighted by Crippen LogP contribution is 2.10. The topological polar surface area (TPSA) is 88.1 Å². The van der Waals surface area contributed by atoms with Gasteiger partial charge in [-0.3, -0.25) is 9.69 Å². The van der Waals surface area contributed by atoms with Gasteiger partial charge in [-0.15, -0.1) is 0 Å². The van der Waals surface area contributed by atoms with Crippen LogP contribution < -0.4 is 0 Å². The van der Waals surface area contributed by atoms with Crippen molar-refractivity contribution in [2.75, 3.05) is 25.1 Å². The number of carbonyl (C=O) groups is 1. The van der Waals surface area contributed by atoms with Crippen LogP contribution in [0.3, 0.4) is 0 Å². The molecule has 0 saturated carbocycles. The van der Waals surface area contributed by atoms with E-state index in [2.05, 4.69) is 0 Å². The number of carboxylic acid groups (broad SMARTS) is 1. The number of nitrogens with zero attached hydrogens (tertiary/aromatic N) is 3. The summed E-state index contributed by atoms with van der Waals surface area (Å²) < 4.78 is 0. The first-order valence-electron chi connectivity index (χ1n) is 5.37. The molecule has 0 aromatic carbocycles. The fraction of sp³-hybridized carbons (Fsp3) is 0.727. The van der Waals surface area contributed by atoms with Gasteiger partial charge in [0, 0.05) is 25.9 Å². The third-order valence-electron chi connectivity index (χ3n) is 2.34. The zero-order valence-corrected chi connectivity index (χ0v) is 10.7. The molecular weight excluding hydrogens is 238 g/mol. The van der Waals surface area contributed by atoms with E-state index in [0.29, 0.717) is 19.5 Å². The van der Waals surface area contributed by atoms with Crippen LogP contribution in [-0.2, 0) is 4.79 Å². The van der Waals surface area contributed by atoms with Gasteiger partial charge in [-0.25, -0.2) is 0 Å². The zero-order chi connectivity index (χ0) is 13.1. The highest BCUT2D eigenvalue weighted by molar-refractivity contribution is 7.98. The molecule has 0 fully saturated rings. The lowest BCUT2D eigenvalue weighted by molar-refractivity contribution is -0.143. The van der Waals surface area contributed by atoms with Crippen molar-refractivity contribution in [3.63, 3.8) is 0 Å². The molecular formula is C11H17N3O2S. The molecule has 0 aliphatic rings. The normalized spacial score (nSPS) is 11.8. The summed E-state index contributed by atoms with van der Waals surface area (Å²) in [5.74, 6) is -0.123. The summed E-state index contributed by atoms with van der Waals surface area (Å²) in [4.78, 5) is 12.9. The monoisotopic (exact) mass is 255 g/mol. The van der Waals surface area contributed by atoms with Gasteiger partial charge < -0.3 is 5.11 Å². The molecule has 0 saturated heterocycles. The van der Waals surface area contributed by atoms with Crippen LogP contribution in [0.15, 0.2) is 0 Å². The highest BCUT2D eigenvalue weighted by atomic mass is 32.2. The average Bonchev–Trinajstić information content (AvgIpc) is 2.31. The number of hydrogen-bond donors (Lipinski definition) is 1. The first kappa shape index (κ1) is 15.8. The molecule has 0 heterocycles. The van der Waals surface area contributed by atoms with Crippen molar-refractivity contribution in [1.29, 1.82) is 10.5 Å². The summed E-state index contributed by atoms with van der Waals surface area (Å²) in [5.41, 5.74) is 0. The van der Waals surface area contributed by atoms with E-state index in [4.69, 9.17) is 15.6 Å². The molecule has 0 aromatic heterocycles. The Morgan fingerprint density at radius 2 is 1.88 bits per heavy atom. The fourth-order valence-electron chi connectivity index (χ4n) is 1.50. The molecule has 1 N–H and O–H groups in total. The van der Waals surface area contributed by atoms with Gasteiger partial charge in [0.15, 0.2) is 0 Å². The van der Waals surface area contributed by atoms with Crippen LogP contribution >= 0.6 is 11.8 Å². The van der Waals surface area contributed by atoms with Crippen LogP contribution in [0.4, 0.5) is 0 Å². The van der Waals surface area contributed by atoms with Crippen LogP contribution in [0.25, 0.3) is 0 Å². The van der Waals surface area contributed by atoms with Crippen molar-refractivity contribution >= 4 is 17.7 Å². The van der Waals surface area contributed by atoms with Gasteiger partial charge >= 0.3 is 5.97 Å². The van der Waals surface area contributed by atoms with E-state index in [1.165, 1.54) is 0 Å². The largest absolute Gasteiger partial charge is 0.480 e. The van der Waals surface area contributed by atoms with Crippen molar-refractivity contribution in [2.45, 2.75) is 25.3 Å². The summed E-state index contributed by atoms with van der Waals surface area (Å²) in [7, 11) is 0. The summed E-state index contributed by atoms with van der Waals surface area (Å²) in [5, 5.41) is 26.2. The predicted molar refractivity (Wildman–Crippen MR) is 66.5 cm³/mol.